The van der Waals surface area contributed by atoms with Gasteiger partial charge in [-0.1, -0.05) is 31.2 Å². The minimum absolute atomic E-state index is 0.166. The van der Waals surface area contributed by atoms with Gasteiger partial charge >= 0.3 is 24.2 Å². The van der Waals surface area contributed by atoms with Gasteiger partial charge in [0.1, 0.15) is 0 Å². The average molecular weight is 505 g/mol. The van der Waals surface area contributed by atoms with Crippen molar-refractivity contribution < 1.29 is 32.3 Å². The molecule has 1 aliphatic heterocycles. The van der Waals surface area contributed by atoms with Crippen molar-refractivity contribution in [3.8, 4) is 0 Å². The third-order valence-corrected chi connectivity index (χ3v) is 5.52. The van der Waals surface area contributed by atoms with Crippen molar-refractivity contribution in [1.29, 1.82) is 0 Å². The predicted molar refractivity (Wildman–Crippen MR) is 128 cm³/mol. The number of para-hydroxylation sites is 1. The molecule has 1 aliphatic rings. The number of hydrogen-bond acceptors (Lipinski definition) is 4. The predicted octanol–water partition coefficient (Wildman–Crippen LogP) is 5.66. The van der Waals surface area contributed by atoms with E-state index in [0.717, 1.165) is 12.1 Å². The summed E-state index contributed by atoms with van der Waals surface area (Å²) in [5, 5.41) is 7.51. The summed E-state index contributed by atoms with van der Waals surface area (Å²) in [6.45, 7) is 5.89. The molecule has 0 fully saturated rings. The van der Waals surface area contributed by atoms with E-state index in [-0.39, 0.29) is 18.3 Å². The molecule has 1 atom stereocenters. The highest BCUT2D eigenvalue weighted by Crippen LogP contribution is 2.35. The average Bonchev–Trinajstić information content (AvgIpc) is 2.81. The van der Waals surface area contributed by atoms with Gasteiger partial charge < -0.3 is 20.7 Å². The monoisotopic (exact) mass is 504 g/mol. The van der Waals surface area contributed by atoms with Crippen LogP contribution in [-0.4, -0.2) is 36.1 Å². The van der Waals surface area contributed by atoms with E-state index in [0.29, 0.717) is 35.5 Å². The minimum atomic E-state index is -4.62. The molecule has 2 aromatic carbocycles. The standard InChI is InChI=1S/C25H27F3N4O4/c1-4-14-32-15(3)20(22(33)36-5-2)21(31-24(32)35)16-10-12-17(13-11-16)29-23(34)30-19-9-7-6-8-18(19)25(26,27)28/h6-13,21H,4-5,14H2,1-3H3,(H,31,35)(H2,29,30,34)/t21-/m0/s1. The second-order valence-corrected chi connectivity index (χ2v) is 8.00. The van der Waals surface area contributed by atoms with Crippen LogP contribution in [0.4, 0.5) is 34.1 Å². The van der Waals surface area contributed by atoms with Crippen molar-refractivity contribution in [1.82, 2.24) is 10.2 Å². The van der Waals surface area contributed by atoms with Gasteiger partial charge in [-0.25, -0.2) is 14.4 Å². The summed E-state index contributed by atoms with van der Waals surface area (Å²) in [5.74, 6) is -0.550. The van der Waals surface area contributed by atoms with Gasteiger partial charge in [-0.05, 0) is 50.1 Å². The summed E-state index contributed by atoms with van der Waals surface area (Å²) in [4.78, 5) is 39.2. The molecule has 36 heavy (non-hydrogen) atoms. The Labute approximate surface area is 206 Å². The molecular formula is C25H27F3N4O4. The van der Waals surface area contributed by atoms with E-state index in [2.05, 4.69) is 16.0 Å². The van der Waals surface area contributed by atoms with Crippen molar-refractivity contribution in [3.63, 3.8) is 0 Å². The van der Waals surface area contributed by atoms with Crippen molar-refractivity contribution in [2.75, 3.05) is 23.8 Å². The molecule has 0 aliphatic carbocycles. The quantitative estimate of drug-likeness (QED) is 0.424. The van der Waals surface area contributed by atoms with E-state index in [1.54, 1.807) is 26.0 Å². The summed E-state index contributed by atoms with van der Waals surface area (Å²) in [5.41, 5.74) is 0.319. The Morgan fingerprint density at radius 3 is 2.33 bits per heavy atom. The van der Waals surface area contributed by atoms with Crippen LogP contribution in [0.3, 0.4) is 0 Å². The van der Waals surface area contributed by atoms with Gasteiger partial charge in [-0.2, -0.15) is 13.2 Å². The molecule has 0 radical (unpaired) electrons. The van der Waals surface area contributed by atoms with E-state index < -0.39 is 29.8 Å². The van der Waals surface area contributed by atoms with Crippen LogP contribution >= 0.6 is 0 Å². The molecule has 0 bridgehead atoms. The van der Waals surface area contributed by atoms with Crippen molar-refractivity contribution in [2.24, 2.45) is 0 Å². The van der Waals surface area contributed by atoms with Gasteiger partial charge in [0.2, 0.25) is 0 Å². The fraction of sp³-hybridized carbons (Fsp3) is 0.320. The van der Waals surface area contributed by atoms with Crippen LogP contribution in [0.1, 0.15) is 44.4 Å². The summed E-state index contributed by atoms with van der Waals surface area (Å²) < 4.78 is 44.7. The van der Waals surface area contributed by atoms with Crippen LogP contribution < -0.4 is 16.0 Å². The van der Waals surface area contributed by atoms with Crippen LogP contribution in [0.25, 0.3) is 0 Å². The first-order valence-electron chi connectivity index (χ1n) is 11.4. The van der Waals surface area contributed by atoms with Gasteiger partial charge in [-0.15, -0.1) is 0 Å². The summed E-state index contributed by atoms with van der Waals surface area (Å²) in [6.07, 6.45) is -3.92. The Kier molecular flexibility index (Phi) is 8.23. The Bertz CT molecular complexity index is 1160. The molecule has 1 heterocycles. The van der Waals surface area contributed by atoms with Crippen molar-refractivity contribution in [2.45, 2.75) is 39.4 Å². The van der Waals surface area contributed by atoms with Gasteiger partial charge in [0, 0.05) is 17.9 Å². The normalized spacial score (nSPS) is 15.9. The molecule has 0 spiro atoms. The smallest absolute Gasteiger partial charge is 0.418 e. The maximum Gasteiger partial charge on any atom is 0.418 e. The number of ether oxygens (including phenoxy) is 1. The zero-order chi connectivity index (χ0) is 26.5. The number of allylic oxidation sites excluding steroid dienone is 1. The van der Waals surface area contributed by atoms with Gasteiger partial charge in [-0.3, -0.25) is 4.90 Å². The topological polar surface area (TPSA) is 99.8 Å². The number of halogens is 3. The van der Waals surface area contributed by atoms with E-state index in [4.69, 9.17) is 4.74 Å². The SMILES string of the molecule is CCCN1C(=O)N[C@@H](c2ccc(NC(=O)Nc3ccccc3C(F)(F)F)cc2)C(C(=O)OCC)=C1C. The number of anilines is 2. The molecule has 8 nitrogen and oxygen atoms in total. The lowest BCUT2D eigenvalue weighted by Crippen LogP contribution is -2.48. The molecule has 0 saturated heterocycles. The lowest BCUT2D eigenvalue weighted by molar-refractivity contribution is -0.139. The van der Waals surface area contributed by atoms with E-state index >= 15 is 0 Å². The Balaban J connectivity index is 1.80. The number of alkyl halides is 3. The van der Waals surface area contributed by atoms with Crippen molar-refractivity contribution in [3.05, 3.63) is 70.9 Å². The van der Waals surface area contributed by atoms with Crippen LogP contribution in [-0.2, 0) is 15.7 Å². The summed E-state index contributed by atoms with van der Waals surface area (Å²) >= 11 is 0. The Hall–Kier alpha value is -4.02. The van der Waals surface area contributed by atoms with E-state index in [9.17, 15) is 27.6 Å². The highest BCUT2D eigenvalue weighted by Gasteiger charge is 2.36. The van der Waals surface area contributed by atoms with E-state index in [1.165, 1.54) is 29.2 Å². The fourth-order valence-corrected chi connectivity index (χ4v) is 3.88. The Morgan fingerprint density at radius 2 is 1.72 bits per heavy atom. The first-order valence-corrected chi connectivity index (χ1v) is 11.4. The zero-order valence-electron chi connectivity index (χ0n) is 20.0. The highest BCUT2D eigenvalue weighted by atomic mass is 19.4. The molecule has 3 N–H and O–H groups in total. The number of rotatable bonds is 7. The van der Waals surface area contributed by atoms with Crippen molar-refractivity contribution >= 4 is 29.4 Å². The summed E-state index contributed by atoms with van der Waals surface area (Å²) in [7, 11) is 0. The Morgan fingerprint density at radius 1 is 1.06 bits per heavy atom. The second kappa shape index (κ2) is 11.1. The minimum Gasteiger partial charge on any atom is -0.463 e. The lowest BCUT2D eigenvalue weighted by Gasteiger charge is -2.35. The van der Waals surface area contributed by atoms with E-state index in [1.807, 2.05) is 6.92 Å². The second-order valence-electron chi connectivity index (χ2n) is 8.00. The molecule has 4 amide bonds. The van der Waals surface area contributed by atoms with Crippen LogP contribution in [0, 0.1) is 0 Å². The first kappa shape index (κ1) is 26.6. The maximum absolute atomic E-state index is 13.2. The number of urea groups is 2. The molecule has 3 rings (SSSR count). The molecule has 0 aromatic heterocycles. The molecule has 11 heteroatoms. The number of benzene rings is 2. The number of amides is 4. The van der Waals surface area contributed by atoms with Gasteiger partial charge in [0.15, 0.2) is 0 Å². The number of carbonyl (C=O) groups excluding carboxylic acids is 3. The van der Waals surface area contributed by atoms with Gasteiger partial charge in [0.25, 0.3) is 0 Å². The largest absolute Gasteiger partial charge is 0.463 e. The molecule has 192 valence electrons. The number of nitrogens with zero attached hydrogens (tertiary/aromatic N) is 1. The summed E-state index contributed by atoms with van der Waals surface area (Å²) in [6, 6.07) is 8.92. The number of carbonyl (C=O) groups is 3. The molecule has 0 saturated carbocycles. The maximum atomic E-state index is 13.2. The van der Waals surface area contributed by atoms with Crippen LogP contribution in [0.5, 0.6) is 0 Å². The number of esters is 1. The molecule has 2 aromatic rings. The third-order valence-electron chi connectivity index (χ3n) is 5.52. The zero-order valence-corrected chi connectivity index (χ0v) is 20.0. The first-order chi connectivity index (χ1) is 17.1. The fourth-order valence-electron chi connectivity index (χ4n) is 3.88. The third kappa shape index (κ3) is 5.96. The van der Waals surface area contributed by atoms with Gasteiger partial charge in [0.05, 0.1) is 29.5 Å². The molecular weight excluding hydrogens is 477 g/mol. The highest BCUT2D eigenvalue weighted by molar-refractivity contribution is 6.00. The number of nitrogens with one attached hydrogen (secondary N) is 3. The lowest BCUT2D eigenvalue weighted by atomic mass is 9.94. The van der Waals surface area contributed by atoms with Crippen LogP contribution in [0.15, 0.2) is 59.8 Å². The van der Waals surface area contributed by atoms with Crippen LogP contribution in [0.2, 0.25) is 0 Å². The molecule has 0 unspecified atom stereocenters. The number of hydrogen-bond donors (Lipinski definition) is 3.